The Balaban J connectivity index is 2.11. The number of benzene rings is 2. The molecule has 0 aliphatic rings. The summed E-state index contributed by atoms with van der Waals surface area (Å²) in [5.74, 6) is -0.505. The maximum absolute atomic E-state index is 12.6. The van der Waals surface area contributed by atoms with E-state index in [1.165, 1.54) is 10.7 Å². The molecule has 0 fully saturated rings. The molecule has 1 heterocycles. The lowest BCUT2D eigenvalue weighted by Gasteiger charge is -2.11. The molecular weight excluding hydrogens is 306 g/mol. The molecule has 0 spiro atoms. The molecule has 6 heteroatoms. The van der Waals surface area contributed by atoms with Crippen LogP contribution in [0.2, 0.25) is 0 Å². The van der Waals surface area contributed by atoms with E-state index in [1.54, 1.807) is 42.5 Å². The van der Waals surface area contributed by atoms with Crippen molar-refractivity contribution in [2.24, 2.45) is 0 Å². The first-order chi connectivity index (χ1) is 11.6. The molecule has 0 aliphatic heterocycles. The molecular formula is C18H17N3O3. The van der Waals surface area contributed by atoms with Crippen LogP contribution in [0.1, 0.15) is 23.8 Å². The summed E-state index contributed by atoms with van der Waals surface area (Å²) in [4.78, 5) is 25.1. The van der Waals surface area contributed by atoms with Gasteiger partial charge in [-0.05, 0) is 24.6 Å². The van der Waals surface area contributed by atoms with Crippen LogP contribution in [0.3, 0.4) is 0 Å². The van der Waals surface area contributed by atoms with E-state index in [0.29, 0.717) is 23.0 Å². The van der Waals surface area contributed by atoms with Crippen molar-refractivity contribution in [3.05, 3.63) is 64.6 Å². The lowest BCUT2D eigenvalue weighted by Crippen LogP contribution is -2.27. The summed E-state index contributed by atoms with van der Waals surface area (Å²) >= 11 is 0. The minimum atomic E-state index is -0.474. The molecule has 0 atom stereocenters. The van der Waals surface area contributed by atoms with E-state index >= 15 is 0 Å². The fourth-order valence-corrected chi connectivity index (χ4v) is 2.53. The van der Waals surface area contributed by atoms with Crippen LogP contribution in [0, 0.1) is 0 Å². The van der Waals surface area contributed by atoms with E-state index in [1.807, 2.05) is 6.92 Å². The number of aryl methyl sites for hydroxylation is 1. The molecule has 3 rings (SSSR count). The number of phenolic OH excluding ortho intramolecular Hbond substituents is 1. The number of rotatable bonds is 4. The van der Waals surface area contributed by atoms with Gasteiger partial charge in [0.25, 0.3) is 11.5 Å². The van der Waals surface area contributed by atoms with Gasteiger partial charge in [-0.25, -0.2) is 4.68 Å². The number of aromatic nitrogens is 2. The van der Waals surface area contributed by atoms with Crippen LogP contribution in [-0.2, 0) is 6.54 Å². The molecule has 0 saturated heterocycles. The summed E-state index contributed by atoms with van der Waals surface area (Å²) in [5, 5.41) is 17.6. The number of fused-ring (bicyclic) bond motifs is 1. The highest BCUT2D eigenvalue weighted by Gasteiger charge is 2.17. The maximum Gasteiger partial charge on any atom is 0.276 e. The second kappa shape index (κ2) is 6.54. The van der Waals surface area contributed by atoms with E-state index in [2.05, 4.69) is 10.4 Å². The SMILES string of the molecule is CCCn1nc(C(=O)Nc2ccccc2O)c2ccccc2c1=O. The second-order valence-electron chi connectivity index (χ2n) is 5.39. The van der Waals surface area contributed by atoms with Crippen LogP contribution in [-0.4, -0.2) is 20.8 Å². The largest absolute Gasteiger partial charge is 0.506 e. The molecule has 122 valence electrons. The molecule has 1 aromatic heterocycles. The normalized spacial score (nSPS) is 10.7. The molecule has 0 bridgehead atoms. The Morgan fingerprint density at radius 2 is 1.79 bits per heavy atom. The molecule has 6 nitrogen and oxygen atoms in total. The van der Waals surface area contributed by atoms with Crippen molar-refractivity contribution < 1.29 is 9.90 Å². The molecule has 1 amide bonds. The Bertz CT molecular complexity index is 963. The van der Waals surface area contributed by atoms with Crippen molar-refractivity contribution in [2.45, 2.75) is 19.9 Å². The number of hydrogen-bond donors (Lipinski definition) is 2. The molecule has 2 N–H and O–H groups in total. The average molecular weight is 323 g/mol. The zero-order valence-electron chi connectivity index (χ0n) is 13.2. The third-order valence-corrected chi connectivity index (χ3v) is 3.67. The summed E-state index contributed by atoms with van der Waals surface area (Å²) in [5.41, 5.74) is 0.232. The van der Waals surface area contributed by atoms with Gasteiger partial charge < -0.3 is 10.4 Å². The van der Waals surface area contributed by atoms with Gasteiger partial charge in [0, 0.05) is 11.9 Å². The fraction of sp³-hybridized carbons (Fsp3) is 0.167. The van der Waals surface area contributed by atoms with Gasteiger partial charge in [-0.15, -0.1) is 0 Å². The van der Waals surface area contributed by atoms with E-state index in [-0.39, 0.29) is 17.0 Å². The van der Waals surface area contributed by atoms with Crippen LogP contribution >= 0.6 is 0 Å². The lowest BCUT2D eigenvalue weighted by molar-refractivity contribution is 0.102. The number of carbonyl (C=O) groups excluding carboxylic acids is 1. The Morgan fingerprint density at radius 3 is 2.50 bits per heavy atom. The highest BCUT2D eigenvalue weighted by Crippen LogP contribution is 2.23. The number of para-hydroxylation sites is 2. The maximum atomic E-state index is 12.6. The topological polar surface area (TPSA) is 84.2 Å². The summed E-state index contributed by atoms with van der Waals surface area (Å²) in [6, 6.07) is 13.3. The van der Waals surface area contributed by atoms with Crippen molar-refractivity contribution in [1.29, 1.82) is 0 Å². The summed E-state index contributed by atoms with van der Waals surface area (Å²) in [7, 11) is 0. The number of anilines is 1. The number of hydrogen-bond acceptors (Lipinski definition) is 4. The van der Waals surface area contributed by atoms with Crippen molar-refractivity contribution in [3.8, 4) is 5.75 Å². The number of nitrogens with zero attached hydrogens (tertiary/aromatic N) is 2. The van der Waals surface area contributed by atoms with Crippen molar-refractivity contribution in [2.75, 3.05) is 5.32 Å². The number of aromatic hydroxyl groups is 1. The van der Waals surface area contributed by atoms with Gasteiger partial charge in [-0.1, -0.05) is 37.3 Å². The minimum Gasteiger partial charge on any atom is -0.506 e. The first kappa shape index (κ1) is 15.7. The number of nitrogens with one attached hydrogen (secondary N) is 1. The highest BCUT2D eigenvalue weighted by molar-refractivity contribution is 6.11. The van der Waals surface area contributed by atoms with Crippen molar-refractivity contribution >= 4 is 22.4 Å². The summed E-state index contributed by atoms with van der Waals surface area (Å²) in [6.45, 7) is 2.37. The lowest BCUT2D eigenvalue weighted by atomic mass is 10.1. The third kappa shape index (κ3) is 2.86. The average Bonchev–Trinajstić information content (AvgIpc) is 2.59. The molecule has 24 heavy (non-hydrogen) atoms. The van der Waals surface area contributed by atoms with Crippen LogP contribution in [0.5, 0.6) is 5.75 Å². The minimum absolute atomic E-state index is 0.0305. The first-order valence-electron chi connectivity index (χ1n) is 7.71. The predicted molar refractivity (Wildman–Crippen MR) is 92.4 cm³/mol. The van der Waals surface area contributed by atoms with E-state index in [9.17, 15) is 14.7 Å². The van der Waals surface area contributed by atoms with Gasteiger partial charge in [0.2, 0.25) is 0 Å². The Morgan fingerprint density at radius 1 is 1.12 bits per heavy atom. The quantitative estimate of drug-likeness (QED) is 0.723. The zero-order chi connectivity index (χ0) is 17.1. The van der Waals surface area contributed by atoms with Gasteiger partial charge in [-0.2, -0.15) is 5.10 Å². The van der Waals surface area contributed by atoms with Gasteiger partial charge in [-0.3, -0.25) is 9.59 Å². The monoisotopic (exact) mass is 323 g/mol. The molecule has 0 radical (unpaired) electrons. The summed E-state index contributed by atoms with van der Waals surface area (Å²) < 4.78 is 1.31. The van der Waals surface area contributed by atoms with E-state index in [4.69, 9.17) is 0 Å². The highest BCUT2D eigenvalue weighted by atomic mass is 16.3. The standard InChI is InChI=1S/C18H17N3O3/c1-2-11-21-18(24)13-8-4-3-7-12(13)16(20-21)17(23)19-14-9-5-6-10-15(14)22/h3-10,22H,2,11H2,1H3,(H,19,23). The van der Waals surface area contributed by atoms with Gasteiger partial charge >= 0.3 is 0 Å². The van der Waals surface area contributed by atoms with Gasteiger partial charge in [0.1, 0.15) is 5.75 Å². The smallest absolute Gasteiger partial charge is 0.276 e. The Labute approximate surface area is 138 Å². The van der Waals surface area contributed by atoms with Crippen LogP contribution in [0.4, 0.5) is 5.69 Å². The van der Waals surface area contributed by atoms with E-state index < -0.39 is 5.91 Å². The fourth-order valence-electron chi connectivity index (χ4n) is 2.53. The first-order valence-corrected chi connectivity index (χ1v) is 7.71. The van der Waals surface area contributed by atoms with E-state index in [0.717, 1.165) is 6.42 Å². The molecule has 2 aromatic carbocycles. The molecule has 0 unspecified atom stereocenters. The number of carbonyl (C=O) groups is 1. The molecule has 0 aliphatic carbocycles. The Kier molecular flexibility index (Phi) is 4.29. The third-order valence-electron chi connectivity index (χ3n) is 3.67. The summed E-state index contributed by atoms with van der Waals surface area (Å²) in [6.07, 6.45) is 0.728. The number of phenols is 1. The predicted octanol–water partition coefficient (Wildman–Crippen LogP) is 2.76. The Hall–Kier alpha value is -3.15. The van der Waals surface area contributed by atoms with Crippen LogP contribution in [0.25, 0.3) is 10.8 Å². The van der Waals surface area contributed by atoms with Gasteiger partial charge in [0.15, 0.2) is 5.69 Å². The van der Waals surface area contributed by atoms with Crippen molar-refractivity contribution in [1.82, 2.24) is 9.78 Å². The second-order valence-corrected chi connectivity index (χ2v) is 5.39. The van der Waals surface area contributed by atoms with Crippen LogP contribution < -0.4 is 10.9 Å². The zero-order valence-corrected chi connectivity index (χ0v) is 13.2. The molecule has 0 saturated carbocycles. The molecule has 3 aromatic rings. The van der Waals surface area contributed by atoms with Gasteiger partial charge in [0.05, 0.1) is 11.1 Å². The van der Waals surface area contributed by atoms with Crippen LogP contribution in [0.15, 0.2) is 53.3 Å². The van der Waals surface area contributed by atoms with Crippen molar-refractivity contribution in [3.63, 3.8) is 0 Å². The number of amides is 1.